The monoisotopic (exact) mass is 395 g/mol. The maximum atomic E-state index is 6.20. The van der Waals surface area contributed by atoms with E-state index in [-0.39, 0.29) is 0 Å². The van der Waals surface area contributed by atoms with E-state index in [0.717, 1.165) is 39.6 Å². The van der Waals surface area contributed by atoms with Crippen molar-refractivity contribution >= 4 is 17.2 Å². The summed E-state index contributed by atoms with van der Waals surface area (Å²) in [4.78, 5) is 6.65. The van der Waals surface area contributed by atoms with Crippen LogP contribution in [0.25, 0.3) is 11.3 Å². The fourth-order valence-electron chi connectivity index (χ4n) is 3.56. The van der Waals surface area contributed by atoms with Crippen molar-refractivity contribution in [3.63, 3.8) is 0 Å². The van der Waals surface area contributed by atoms with Gasteiger partial charge in [0.05, 0.1) is 12.0 Å². The summed E-state index contributed by atoms with van der Waals surface area (Å²) >= 11 is 0. The largest absolute Gasteiger partial charge is 0.489 e. The van der Waals surface area contributed by atoms with Crippen LogP contribution in [0.3, 0.4) is 0 Å². The van der Waals surface area contributed by atoms with Crippen LogP contribution in [0.4, 0.5) is 11.4 Å². The highest BCUT2D eigenvalue weighted by molar-refractivity contribution is 6.05. The van der Waals surface area contributed by atoms with Gasteiger partial charge in [0, 0.05) is 16.8 Å². The van der Waals surface area contributed by atoms with Crippen LogP contribution in [0.1, 0.15) is 11.1 Å². The molecule has 2 N–H and O–H groups in total. The molecule has 148 valence electrons. The van der Waals surface area contributed by atoms with Crippen molar-refractivity contribution in [3.8, 4) is 17.1 Å². The topological polar surface area (TPSA) is 64.0 Å². The molecule has 5 nitrogen and oxygen atoms in total. The van der Waals surface area contributed by atoms with Gasteiger partial charge in [0.25, 0.3) is 0 Å². The Balaban J connectivity index is 1.37. The van der Waals surface area contributed by atoms with Crippen LogP contribution in [0, 0.1) is 0 Å². The molecular weight excluding hydrogens is 374 g/mol. The first kappa shape index (κ1) is 18.1. The number of amidine groups is 1. The van der Waals surface area contributed by atoms with Crippen LogP contribution in [0.2, 0.25) is 0 Å². The number of hydrogen-bond donors (Lipinski definition) is 1. The minimum Gasteiger partial charge on any atom is -0.489 e. The molecule has 1 aromatic heterocycles. The first-order valence-electron chi connectivity index (χ1n) is 9.80. The second kappa shape index (κ2) is 7.79. The van der Waals surface area contributed by atoms with Crippen molar-refractivity contribution < 1.29 is 9.15 Å². The van der Waals surface area contributed by atoms with Crippen LogP contribution in [0.5, 0.6) is 5.75 Å². The Morgan fingerprint density at radius 1 is 0.933 bits per heavy atom. The molecule has 0 spiro atoms. The number of hydrogen-bond acceptors (Lipinski definition) is 5. The number of rotatable bonds is 5. The van der Waals surface area contributed by atoms with E-state index in [9.17, 15) is 0 Å². The zero-order chi connectivity index (χ0) is 20.3. The van der Waals surface area contributed by atoms with Gasteiger partial charge in [0.15, 0.2) is 0 Å². The number of nitrogens with zero attached hydrogens (tertiary/aromatic N) is 2. The number of nitrogens with two attached hydrogens (primary N) is 1. The normalized spacial score (nSPS) is 12.9. The van der Waals surface area contributed by atoms with Gasteiger partial charge < -0.3 is 19.8 Å². The summed E-state index contributed by atoms with van der Waals surface area (Å²) in [7, 11) is 0. The minimum absolute atomic E-state index is 0.475. The van der Waals surface area contributed by atoms with Crippen molar-refractivity contribution in [2.45, 2.75) is 6.61 Å². The van der Waals surface area contributed by atoms with Crippen molar-refractivity contribution in [2.24, 2.45) is 10.7 Å². The van der Waals surface area contributed by atoms with E-state index in [1.807, 2.05) is 66.7 Å². The fourth-order valence-corrected chi connectivity index (χ4v) is 3.56. The van der Waals surface area contributed by atoms with E-state index in [1.165, 1.54) is 0 Å². The summed E-state index contributed by atoms with van der Waals surface area (Å²) in [5, 5.41) is 0. The molecule has 1 aliphatic rings. The van der Waals surface area contributed by atoms with Gasteiger partial charge in [-0.3, -0.25) is 0 Å². The van der Waals surface area contributed by atoms with Crippen LogP contribution < -0.4 is 15.4 Å². The van der Waals surface area contributed by atoms with E-state index < -0.39 is 0 Å². The molecule has 2 heterocycles. The van der Waals surface area contributed by atoms with Gasteiger partial charge in [-0.25, -0.2) is 4.99 Å². The van der Waals surface area contributed by atoms with E-state index in [4.69, 9.17) is 14.9 Å². The third-order valence-electron chi connectivity index (χ3n) is 5.15. The number of fused-ring (bicyclic) bond motifs is 1. The first-order chi connectivity index (χ1) is 14.8. The van der Waals surface area contributed by atoms with Crippen LogP contribution in [-0.2, 0) is 6.61 Å². The molecule has 0 radical (unpaired) electrons. The zero-order valence-corrected chi connectivity index (χ0v) is 16.4. The third kappa shape index (κ3) is 3.53. The molecule has 3 aromatic carbocycles. The van der Waals surface area contributed by atoms with Gasteiger partial charge in [-0.15, -0.1) is 0 Å². The lowest BCUT2D eigenvalue weighted by molar-refractivity contribution is 0.306. The molecule has 30 heavy (non-hydrogen) atoms. The van der Waals surface area contributed by atoms with Crippen LogP contribution >= 0.6 is 0 Å². The second-order valence-corrected chi connectivity index (χ2v) is 7.09. The Morgan fingerprint density at radius 3 is 2.53 bits per heavy atom. The highest BCUT2D eigenvalue weighted by atomic mass is 16.5. The Hall–Kier alpha value is -3.99. The first-order valence-corrected chi connectivity index (χ1v) is 9.80. The Labute approximate surface area is 175 Å². The van der Waals surface area contributed by atoms with Gasteiger partial charge in [-0.1, -0.05) is 30.3 Å². The Bertz CT molecular complexity index is 1170. The fraction of sp³-hybridized carbons (Fsp3) is 0.0800. The lowest BCUT2D eigenvalue weighted by atomic mass is 10.0. The lowest BCUT2D eigenvalue weighted by Gasteiger charge is -2.29. The molecule has 1 aliphatic heterocycles. The number of anilines is 2. The van der Waals surface area contributed by atoms with Gasteiger partial charge in [0.2, 0.25) is 0 Å². The predicted molar refractivity (Wildman–Crippen MR) is 119 cm³/mol. The quantitative estimate of drug-likeness (QED) is 0.495. The van der Waals surface area contributed by atoms with Crippen LogP contribution in [0.15, 0.2) is 101 Å². The summed E-state index contributed by atoms with van der Waals surface area (Å²) in [6.07, 6.45) is 1.67. The average molecular weight is 395 g/mol. The maximum absolute atomic E-state index is 6.20. The molecule has 0 atom stereocenters. The minimum atomic E-state index is 0.475. The summed E-state index contributed by atoms with van der Waals surface area (Å²) in [6.45, 7) is 1.02. The van der Waals surface area contributed by atoms with E-state index >= 15 is 0 Å². The molecule has 0 unspecified atom stereocenters. The van der Waals surface area contributed by atoms with Gasteiger partial charge in [-0.2, -0.15) is 0 Å². The Kier molecular flexibility index (Phi) is 4.69. The molecule has 0 bridgehead atoms. The molecule has 5 rings (SSSR count). The molecular formula is C25H21N3O2. The molecule has 0 fully saturated rings. The van der Waals surface area contributed by atoms with Gasteiger partial charge >= 0.3 is 0 Å². The molecule has 0 amide bonds. The van der Waals surface area contributed by atoms with Crippen molar-refractivity contribution in [3.05, 3.63) is 102 Å². The SMILES string of the molecule is NC1=NCN(c2ccc(OCc3ccccc3)cc2)c2ccc(-c3ccco3)cc21. The molecule has 0 aliphatic carbocycles. The summed E-state index contributed by atoms with van der Waals surface area (Å²) in [6, 6.07) is 28.1. The number of furan rings is 1. The van der Waals surface area contributed by atoms with Gasteiger partial charge in [0.1, 0.15) is 30.6 Å². The summed E-state index contributed by atoms with van der Waals surface area (Å²) in [5.74, 6) is 2.18. The van der Waals surface area contributed by atoms with E-state index in [1.54, 1.807) is 6.26 Å². The summed E-state index contributed by atoms with van der Waals surface area (Å²) < 4.78 is 11.4. The molecule has 4 aromatic rings. The van der Waals surface area contributed by atoms with Crippen molar-refractivity contribution in [1.82, 2.24) is 0 Å². The van der Waals surface area contributed by atoms with E-state index in [2.05, 4.69) is 28.1 Å². The lowest BCUT2D eigenvalue weighted by Crippen LogP contribution is -2.29. The summed E-state index contributed by atoms with van der Waals surface area (Å²) in [5.41, 5.74) is 11.3. The van der Waals surface area contributed by atoms with E-state index in [0.29, 0.717) is 19.1 Å². The van der Waals surface area contributed by atoms with Gasteiger partial charge in [-0.05, 0) is 60.2 Å². The van der Waals surface area contributed by atoms with Crippen molar-refractivity contribution in [1.29, 1.82) is 0 Å². The van der Waals surface area contributed by atoms with Crippen LogP contribution in [-0.4, -0.2) is 12.5 Å². The molecule has 5 heteroatoms. The smallest absolute Gasteiger partial charge is 0.133 e. The standard InChI is InChI=1S/C25H21N3O2/c26-25-22-15-19(24-7-4-14-29-24)8-13-23(22)28(17-27-25)20-9-11-21(12-10-20)30-16-18-5-2-1-3-6-18/h1-15H,16-17H2,(H2,26,27). The number of ether oxygens (including phenoxy) is 1. The maximum Gasteiger partial charge on any atom is 0.133 e. The predicted octanol–water partition coefficient (Wildman–Crippen LogP) is 5.34. The zero-order valence-electron chi connectivity index (χ0n) is 16.4. The van der Waals surface area contributed by atoms with Crippen molar-refractivity contribution in [2.75, 3.05) is 11.6 Å². The second-order valence-electron chi connectivity index (χ2n) is 7.09. The highest BCUT2D eigenvalue weighted by Crippen LogP contribution is 2.35. The molecule has 0 saturated carbocycles. The number of aliphatic imine (C=N–C) groups is 1. The third-order valence-corrected chi connectivity index (χ3v) is 5.15. The molecule has 0 saturated heterocycles. The highest BCUT2D eigenvalue weighted by Gasteiger charge is 2.21. The Morgan fingerprint density at radius 2 is 1.77 bits per heavy atom. The number of benzene rings is 3. The average Bonchev–Trinajstić information content (AvgIpc) is 3.34.